The number of methoxy groups -OCH3 is 1. The molecule has 10 atom stereocenters. The molecule has 4 aliphatic carbocycles. The largest absolute Gasteiger partial charge is 0.353 e. The van der Waals surface area contributed by atoms with Crippen LogP contribution in [0.1, 0.15) is 98.8 Å². The van der Waals surface area contributed by atoms with Gasteiger partial charge in [-0.2, -0.15) is 0 Å². The highest BCUT2D eigenvalue weighted by Crippen LogP contribution is 2.70. The summed E-state index contributed by atoms with van der Waals surface area (Å²) in [5, 5.41) is 0. The number of carbonyl (C=O) groups excluding carboxylic acids is 1. The normalized spacial score (nSPS) is 53.8. The molecule has 0 radical (unpaired) electrons. The smallest absolute Gasteiger partial charge is 0.171 e. The molecule has 5 aliphatic rings. The Hall–Kier alpha value is -0.410. The minimum atomic E-state index is -0.409. The lowest BCUT2D eigenvalue weighted by atomic mass is 9.44. The van der Waals surface area contributed by atoms with E-state index in [1.807, 2.05) is 7.11 Å². The molecule has 5 rings (SSSR count). The molecule has 1 aliphatic heterocycles. The van der Waals surface area contributed by atoms with E-state index in [0.29, 0.717) is 52.8 Å². The van der Waals surface area contributed by atoms with Crippen molar-refractivity contribution >= 4 is 5.78 Å². The Balaban J connectivity index is 1.42. The third kappa shape index (κ3) is 3.07. The van der Waals surface area contributed by atoms with Crippen LogP contribution >= 0.6 is 0 Å². The molecule has 31 heavy (non-hydrogen) atoms. The van der Waals surface area contributed by atoms with Crippen LogP contribution in [0.25, 0.3) is 0 Å². The molecule has 4 saturated carbocycles. The van der Waals surface area contributed by atoms with Crippen molar-refractivity contribution in [1.82, 2.24) is 0 Å². The van der Waals surface area contributed by atoms with E-state index in [1.165, 1.54) is 32.1 Å². The van der Waals surface area contributed by atoms with Crippen LogP contribution in [0.4, 0.5) is 0 Å². The maximum atomic E-state index is 13.3. The van der Waals surface area contributed by atoms with Gasteiger partial charge in [0.05, 0.1) is 6.10 Å². The van der Waals surface area contributed by atoms with Crippen LogP contribution in [-0.2, 0) is 14.3 Å². The Labute approximate surface area is 190 Å². The second-order valence-corrected chi connectivity index (χ2v) is 13.1. The Morgan fingerprint density at radius 2 is 1.87 bits per heavy atom. The minimum Gasteiger partial charge on any atom is -0.353 e. The van der Waals surface area contributed by atoms with E-state index in [9.17, 15) is 4.79 Å². The highest BCUT2D eigenvalue weighted by Gasteiger charge is 2.69. The maximum Gasteiger partial charge on any atom is 0.171 e. The number of carbonyl (C=O) groups is 1. The van der Waals surface area contributed by atoms with Crippen LogP contribution in [0, 0.1) is 52.3 Å². The zero-order valence-corrected chi connectivity index (χ0v) is 20.9. The number of rotatable bonds is 4. The van der Waals surface area contributed by atoms with E-state index in [0.717, 1.165) is 38.0 Å². The molecule has 0 aromatic carbocycles. The predicted molar refractivity (Wildman–Crippen MR) is 123 cm³/mol. The molecule has 5 fully saturated rings. The monoisotopic (exact) mass is 430 g/mol. The summed E-state index contributed by atoms with van der Waals surface area (Å²) in [6.45, 7) is 12.0. The highest BCUT2D eigenvalue weighted by molar-refractivity contribution is 5.83. The number of ketones is 1. The fourth-order valence-electron chi connectivity index (χ4n) is 9.89. The van der Waals surface area contributed by atoms with Crippen molar-refractivity contribution in [2.75, 3.05) is 7.11 Å². The van der Waals surface area contributed by atoms with Crippen molar-refractivity contribution in [1.29, 1.82) is 0 Å². The van der Waals surface area contributed by atoms with Crippen molar-refractivity contribution in [3.63, 3.8) is 0 Å². The first kappa shape index (κ1) is 22.4. The van der Waals surface area contributed by atoms with Gasteiger partial charge in [-0.1, -0.05) is 47.5 Å². The highest BCUT2D eigenvalue weighted by atomic mass is 16.7. The lowest BCUT2D eigenvalue weighted by Gasteiger charge is -2.60. The van der Waals surface area contributed by atoms with Crippen LogP contribution in [0.3, 0.4) is 0 Å². The third-order valence-electron chi connectivity index (χ3n) is 11.4. The topological polar surface area (TPSA) is 35.5 Å². The Morgan fingerprint density at radius 3 is 2.58 bits per heavy atom. The Morgan fingerprint density at radius 1 is 1.10 bits per heavy atom. The van der Waals surface area contributed by atoms with E-state index < -0.39 is 5.79 Å². The van der Waals surface area contributed by atoms with E-state index in [-0.39, 0.29) is 5.41 Å². The first-order valence-electron chi connectivity index (χ1n) is 13.4. The second kappa shape index (κ2) is 7.55. The summed E-state index contributed by atoms with van der Waals surface area (Å²) in [7, 11) is 1.86. The summed E-state index contributed by atoms with van der Waals surface area (Å²) < 4.78 is 13.0. The molecule has 0 aromatic rings. The number of fused-ring (bicyclic) bond motifs is 7. The Bertz CT molecular complexity index is 717. The van der Waals surface area contributed by atoms with Gasteiger partial charge in [-0.15, -0.1) is 0 Å². The van der Waals surface area contributed by atoms with Crippen LogP contribution in [0.2, 0.25) is 0 Å². The van der Waals surface area contributed by atoms with Crippen molar-refractivity contribution in [3.05, 3.63) is 0 Å². The van der Waals surface area contributed by atoms with Crippen LogP contribution in [0.5, 0.6) is 0 Å². The zero-order chi connectivity index (χ0) is 22.2. The molecule has 0 spiro atoms. The summed E-state index contributed by atoms with van der Waals surface area (Å²) >= 11 is 0. The molecule has 0 N–H and O–H groups in total. The summed E-state index contributed by atoms with van der Waals surface area (Å²) in [5.41, 5.74) is 0.554. The summed E-state index contributed by atoms with van der Waals surface area (Å²) in [4.78, 5) is 13.3. The standard InChI is InChI=1S/C28H46O3/c1-17(2)10-14-28(30-6)18(3)25-24(31-28)16-22-19-15-23(29)21-9-7-8-12-26(21,4)20(19)11-13-27(22,25)5/h17-22,24-25H,7-16H2,1-6H3/t18-,19+,20-,21?,22-,24-,25-,26+,27-,28?/m0/s1. The van der Waals surface area contributed by atoms with Crippen LogP contribution in [-0.4, -0.2) is 24.8 Å². The molecule has 0 amide bonds. The molecule has 3 nitrogen and oxygen atoms in total. The van der Waals surface area contributed by atoms with Crippen LogP contribution < -0.4 is 0 Å². The minimum absolute atomic E-state index is 0.261. The lowest BCUT2D eigenvalue weighted by molar-refractivity contribution is -0.239. The fraction of sp³-hybridized carbons (Fsp3) is 0.964. The first-order valence-corrected chi connectivity index (χ1v) is 13.4. The molecule has 1 saturated heterocycles. The molecule has 0 bridgehead atoms. The summed E-state index contributed by atoms with van der Waals surface area (Å²) in [5.74, 6) is 4.17. The quantitative estimate of drug-likeness (QED) is 0.501. The third-order valence-corrected chi connectivity index (χ3v) is 11.4. The summed E-state index contributed by atoms with van der Waals surface area (Å²) in [6.07, 6.45) is 12.1. The van der Waals surface area contributed by atoms with Crippen molar-refractivity contribution in [2.24, 2.45) is 52.3 Å². The van der Waals surface area contributed by atoms with Crippen molar-refractivity contribution in [3.8, 4) is 0 Å². The van der Waals surface area contributed by atoms with Gasteiger partial charge < -0.3 is 9.47 Å². The van der Waals surface area contributed by atoms with Gasteiger partial charge in [-0.05, 0) is 78.9 Å². The average molecular weight is 431 g/mol. The molecule has 3 heteroatoms. The molecular formula is C28H46O3. The second-order valence-electron chi connectivity index (χ2n) is 13.1. The maximum absolute atomic E-state index is 13.3. The van der Waals surface area contributed by atoms with Gasteiger partial charge in [0.1, 0.15) is 5.78 Å². The van der Waals surface area contributed by atoms with Gasteiger partial charge in [-0.25, -0.2) is 0 Å². The SMILES string of the molecule is COC1(CCC(C)C)O[C@H]2C[C@H]3[C@@H]4CC(=O)C5CCCC[C@]5(C)[C@H]4CC[C@]3(C)[C@H]2[C@@H]1C. The van der Waals surface area contributed by atoms with Gasteiger partial charge in [0, 0.05) is 31.8 Å². The lowest BCUT2D eigenvalue weighted by Crippen LogP contribution is -2.56. The van der Waals surface area contributed by atoms with Gasteiger partial charge >= 0.3 is 0 Å². The molecule has 176 valence electrons. The number of hydrogen-bond donors (Lipinski definition) is 0. The van der Waals surface area contributed by atoms with E-state index in [4.69, 9.17) is 9.47 Å². The summed E-state index contributed by atoms with van der Waals surface area (Å²) in [6, 6.07) is 0. The van der Waals surface area contributed by atoms with E-state index in [1.54, 1.807) is 0 Å². The molecule has 2 unspecified atom stereocenters. The predicted octanol–water partition coefficient (Wildman–Crippen LogP) is 6.64. The van der Waals surface area contributed by atoms with Gasteiger partial charge in [-0.3, -0.25) is 4.79 Å². The fourth-order valence-corrected chi connectivity index (χ4v) is 9.89. The van der Waals surface area contributed by atoms with Gasteiger partial charge in [0.2, 0.25) is 0 Å². The number of ether oxygens (including phenoxy) is 2. The molecule has 0 aromatic heterocycles. The number of Topliss-reactive ketones (excluding diaryl/α,β-unsaturated/α-hetero) is 1. The van der Waals surface area contributed by atoms with E-state index >= 15 is 0 Å². The van der Waals surface area contributed by atoms with Crippen molar-refractivity contribution in [2.45, 2.75) is 111 Å². The Kier molecular flexibility index (Phi) is 5.45. The average Bonchev–Trinajstić information content (AvgIpc) is 3.18. The number of hydrogen-bond acceptors (Lipinski definition) is 3. The van der Waals surface area contributed by atoms with Crippen LogP contribution in [0.15, 0.2) is 0 Å². The van der Waals surface area contributed by atoms with E-state index in [2.05, 4.69) is 34.6 Å². The van der Waals surface area contributed by atoms with Gasteiger partial charge in [0.25, 0.3) is 0 Å². The van der Waals surface area contributed by atoms with Gasteiger partial charge in [0.15, 0.2) is 5.79 Å². The zero-order valence-electron chi connectivity index (χ0n) is 20.9. The molecule has 1 heterocycles. The van der Waals surface area contributed by atoms with Crippen molar-refractivity contribution < 1.29 is 14.3 Å². The molecular weight excluding hydrogens is 384 g/mol. The first-order chi connectivity index (χ1) is 14.7.